The number of halogens is 6. The van der Waals surface area contributed by atoms with Crippen LogP contribution in [0.3, 0.4) is 0 Å². The highest BCUT2D eigenvalue weighted by Gasteiger charge is 2.23. The van der Waals surface area contributed by atoms with Crippen LogP contribution in [0.5, 0.6) is 23.0 Å². The molecular formula is C68H54Br4Cl2N10O19S8-4. The molecule has 0 bridgehead atoms. The van der Waals surface area contributed by atoms with Gasteiger partial charge in [-0.15, -0.1) is 0 Å². The molecule has 0 aliphatic rings. The van der Waals surface area contributed by atoms with E-state index in [-0.39, 0.29) is 143 Å². The van der Waals surface area contributed by atoms with Crippen molar-refractivity contribution >= 4 is 279 Å². The Kier molecular flexibility index (Phi) is 31.2. The topological polar surface area (TPSA) is 456 Å². The molecule has 43 heteroatoms. The number of phenolic OH excluding ortho intramolecular Hbond substituents is 4. The number of aromatic hydroxyl groups is 4. The zero-order valence-corrected chi connectivity index (χ0v) is 70.4. The number of rotatable bonds is 30. The van der Waals surface area contributed by atoms with Crippen molar-refractivity contribution in [2.75, 3.05) is 57.4 Å². The van der Waals surface area contributed by atoms with Crippen LogP contribution in [0.25, 0.3) is 24.3 Å². The van der Waals surface area contributed by atoms with E-state index in [4.69, 9.17) is 76.8 Å². The number of benzene rings is 8. The van der Waals surface area contributed by atoms with E-state index in [9.17, 15) is 81.9 Å². The van der Waals surface area contributed by atoms with Crippen molar-refractivity contribution in [3.8, 4) is 23.0 Å². The summed E-state index contributed by atoms with van der Waals surface area (Å²) in [4.78, 5) is 26.5. The number of thiocarbonyl (C=S) groups is 4. The van der Waals surface area contributed by atoms with Crippen molar-refractivity contribution in [2.45, 2.75) is 45.3 Å². The SMILES string of the molecule is O=C(CN(C(=S)Nc1ccc(/C=C/c2ccc(NC(=S)CCCOCCCC(=S)Nc3ccc(/C=C/c4ccc(NC(=S)N(CC(=O)N/N=C/c5cc(Br)c(O)c(Br)c5O)c5ccc(Cl)cc5)cc4S(=O)(=O)[O-])c(S(=O)(=O)[O-])c3)cc2S(=O)(=O)[O-])c(S(=O)(=O)[O-])c1)c1ccc(Cl)cc1)N/N=C/c1cc(Br)c(O)c(Br)c1O. The van der Waals surface area contributed by atoms with Gasteiger partial charge >= 0.3 is 0 Å². The summed E-state index contributed by atoms with van der Waals surface area (Å²) < 4.78 is 158. The number of nitrogens with one attached hydrogen (secondary N) is 6. The molecule has 0 saturated heterocycles. The summed E-state index contributed by atoms with van der Waals surface area (Å²) in [5, 5.41) is 60.3. The lowest BCUT2D eigenvalue weighted by atomic mass is 10.1. The molecule has 0 atom stereocenters. The maximum absolute atomic E-state index is 13.2. The molecule has 8 aromatic rings. The molecule has 111 heavy (non-hydrogen) atoms. The third kappa shape index (κ3) is 25.5. The maximum Gasteiger partial charge on any atom is 0.260 e. The number of carbonyl (C=O) groups excluding carboxylic acids is 2. The van der Waals surface area contributed by atoms with Gasteiger partial charge in [0.25, 0.3) is 11.8 Å². The highest BCUT2D eigenvalue weighted by Crippen LogP contribution is 2.42. The van der Waals surface area contributed by atoms with Crippen LogP contribution >= 0.6 is 136 Å². The summed E-state index contributed by atoms with van der Waals surface area (Å²) >= 11 is 46.9. The number of hydrazone groups is 2. The summed E-state index contributed by atoms with van der Waals surface area (Å²) in [5.74, 6) is -2.74. The normalized spacial score (nSPS) is 12.0. The highest BCUT2D eigenvalue weighted by atomic mass is 79.9. The fraction of sp³-hybridized carbons (Fsp3) is 0.118. The summed E-state index contributed by atoms with van der Waals surface area (Å²) in [6.07, 6.45) is 7.89. The van der Waals surface area contributed by atoms with Crippen molar-refractivity contribution in [1.82, 2.24) is 10.9 Å². The molecule has 0 heterocycles. The second-order valence-electron chi connectivity index (χ2n) is 22.9. The van der Waals surface area contributed by atoms with Gasteiger partial charge in [-0.3, -0.25) is 9.59 Å². The Balaban J connectivity index is 0.820. The Hall–Kier alpha value is -8.02. The lowest BCUT2D eigenvalue weighted by molar-refractivity contribution is -0.120. The van der Waals surface area contributed by atoms with Crippen molar-refractivity contribution in [3.05, 3.63) is 195 Å². The Labute approximate surface area is 700 Å². The van der Waals surface area contributed by atoms with Crippen LogP contribution in [0.2, 0.25) is 10.0 Å². The van der Waals surface area contributed by atoms with Crippen LogP contribution in [0.4, 0.5) is 34.1 Å². The number of anilines is 6. The molecule has 0 fully saturated rings. The molecule has 0 aliphatic carbocycles. The van der Waals surface area contributed by atoms with Gasteiger partial charge in [-0.1, -0.05) is 96.2 Å². The van der Waals surface area contributed by atoms with E-state index in [1.165, 1.54) is 119 Å². The standard InChI is InChI=1S/C68H58Br4Cl2N10O19S8/c69-51-27-41(63(87)61(71)65(51)89)33-75-81-57(85)35-83(49-21-13-43(73)14-22-49)67(106)79-47-19-11-39(55(31-47)110(97,98)99)7-5-37-9-17-45(29-53(37)108(91,92)93)77-59(104)3-1-25-103-26-2-4-60(105)78-46-18-10-38(54(30-46)109(94,95)96)6-8-40-12-20-48(32-56(40)111(100,101)102)80-68(107)84(50-23-15-44(74)16-24-50)36-58(86)82-76-34-42-28-52(70)66(90)62(72)64(42)88/h5-24,27-34,87-90H,1-4,25-26,35-36H2,(H,77,104)(H,78,105)(H,79,106)(H,80,107)(H,81,85)(H,82,86)(H,91,92,93)(H,94,95,96)(H,97,98,99)(H,100,101,102)/p-4/b7-5+,8-6+,75-33+,76-34+. The average Bonchev–Trinajstić information content (AvgIpc) is 0.809. The minimum Gasteiger partial charge on any atom is -0.744 e. The number of ether oxygens (including phenoxy) is 1. The van der Waals surface area contributed by atoms with E-state index in [0.717, 1.165) is 61.0 Å². The van der Waals surface area contributed by atoms with Gasteiger partial charge < -0.3 is 74.4 Å². The maximum atomic E-state index is 13.2. The molecule has 8 aromatic carbocycles. The Morgan fingerprint density at radius 2 is 0.721 bits per heavy atom. The smallest absolute Gasteiger partial charge is 0.260 e. The van der Waals surface area contributed by atoms with Gasteiger partial charge in [0.2, 0.25) is 0 Å². The van der Waals surface area contributed by atoms with Crippen LogP contribution in [0.15, 0.2) is 181 Å². The fourth-order valence-corrected chi connectivity index (χ4v) is 16.2. The average molecular weight is 1960 g/mol. The zero-order valence-electron chi connectivity index (χ0n) is 56.1. The largest absolute Gasteiger partial charge is 0.744 e. The van der Waals surface area contributed by atoms with Gasteiger partial charge in [-0.2, -0.15) is 10.2 Å². The number of carbonyl (C=O) groups is 2. The zero-order chi connectivity index (χ0) is 81.4. The first-order chi connectivity index (χ1) is 52.1. The first kappa shape index (κ1) is 88.5. The molecule has 584 valence electrons. The monoisotopic (exact) mass is 1960 g/mol. The fourth-order valence-electron chi connectivity index (χ4n) is 9.76. The molecule has 0 saturated carbocycles. The molecule has 0 spiro atoms. The lowest BCUT2D eigenvalue weighted by Gasteiger charge is -2.25. The molecule has 8 rings (SSSR count). The second-order valence-corrected chi connectivity index (χ2v) is 34.2. The van der Waals surface area contributed by atoms with Crippen molar-refractivity contribution in [3.63, 3.8) is 0 Å². The van der Waals surface area contributed by atoms with Gasteiger partial charge in [-0.25, -0.2) is 44.5 Å². The molecule has 0 unspecified atom stereocenters. The van der Waals surface area contributed by atoms with E-state index < -0.39 is 85.0 Å². The molecule has 10 N–H and O–H groups in total. The number of hydrogen-bond acceptors (Lipinski definition) is 25. The van der Waals surface area contributed by atoms with Gasteiger partial charge in [-0.05, 0) is 232 Å². The van der Waals surface area contributed by atoms with E-state index in [1.807, 2.05) is 0 Å². The number of nitrogens with zero attached hydrogens (tertiary/aromatic N) is 4. The van der Waals surface area contributed by atoms with Gasteiger partial charge in [0, 0.05) is 81.4 Å². The van der Waals surface area contributed by atoms with Crippen LogP contribution < -0.4 is 41.9 Å². The van der Waals surface area contributed by atoms with Gasteiger partial charge in [0.05, 0.1) is 50.9 Å². The van der Waals surface area contributed by atoms with E-state index in [1.54, 1.807) is 0 Å². The van der Waals surface area contributed by atoms with Crippen LogP contribution in [0, 0.1) is 0 Å². The molecule has 0 aliphatic heterocycles. The molecule has 2 amide bonds. The molecule has 29 nitrogen and oxygen atoms in total. The van der Waals surface area contributed by atoms with Gasteiger partial charge in [0.15, 0.2) is 10.2 Å². The predicted molar refractivity (Wildman–Crippen MR) is 449 cm³/mol. The predicted octanol–water partition coefficient (Wildman–Crippen LogP) is 13.3. The van der Waals surface area contributed by atoms with Gasteiger partial charge in [0.1, 0.15) is 85.5 Å². The van der Waals surface area contributed by atoms with Crippen LogP contribution in [-0.4, -0.2) is 143 Å². The minimum absolute atomic E-state index is 0.0292. The van der Waals surface area contributed by atoms with E-state index in [2.05, 4.69) is 106 Å². The first-order valence-electron chi connectivity index (χ1n) is 31.2. The lowest BCUT2D eigenvalue weighted by Crippen LogP contribution is -2.41. The summed E-state index contributed by atoms with van der Waals surface area (Å²) in [6.45, 7) is -0.601. The van der Waals surface area contributed by atoms with E-state index in [0.29, 0.717) is 34.3 Å². The Morgan fingerprint density at radius 3 is 1.01 bits per heavy atom. The number of phenols is 4. The van der Waals surface area contributed by atoms with Crippen molar-refractivity contribution < 1.29 is 86.6 Å². The Morgan fingerprint density at radius 1 is 0.432 bits per heavy atom. The first-order valence-corrected chi connectivity index (χ1v) is 42.4. The van der Waals surface area contributed by atoms with E-state index >= 15 is 0 Å². The third-order valence-electron chi connectivity index (χ3n) is 15.0. The quantitative estimate of drug-likeness (QED) is 0.00499. The number of amides is 2. The van der Waals surface area contributed by atoms with Crippen molar-refractivity contribution in [1.29, 1.82) is 0 Å². The molecule has 0 aromatic heterocycles. The number of hydrogen-bond donors (Lipinski definition) is 10. The summed E-state index contributed by atoms with van der Waals surface area (Å²) in [6, 6.07) is 29.3. The van der Waals surface area contributed by atoms with Crippen LogP contribution in [-0.2, 0) is 54.8 Å². The summed E-state index contributed by atoms with van der Waals surface area (Å²) in [5.41, 5.74) is 4.87. The Bertz CT molecular complexity index is 5270. The highest BCUT2D eigenvalue weighted by molar-refractivity contribution is 9.11. The summed E-state index contributed by atoms with van der Waals surface area (Å²) in [7, 11) is -20.9. The van der Waals surface area contributed by atoms with Crippen LogP contribution in [0.1, 0.15) is 59.1 Å². The molecule has 0 radical (unpaired) electrons. The molecular weight excluding hydrogens is 1910 g/mol. The second kappa shape index (κ2) is 39.1. The third-order valence-corrected chi connectivity index (χ3v) is 23.1. The minimum atomic E-state index is -5.27. The van der Waals surface area contributed by atoms with Crippen molar-refractivity contribution in [2.24, 2.45) is 10.2 Å².